The molecule has 1 heterocycles. The number of halogens is 1. The Labute approximate surface area is 160 Å². The van der Waals surface area contributed by atoms with E-state index in [0.29, 0.717) is 35.1 Å². The Morgan fingerprint density at radius 1 is 1.38 bits per heavy atom. The molecule has 0 aliphatic heterocycles. The lowest BCUT2D eigenvalue weighted by atomic mass is 10.2. The number of nitrogens with two attached hydrogens (primary N) is 1. The van der Waals surface area contributed by atoms with E-state index in [4.69, 9.17) is 22.1 Å². The topological polar surface area (TPSA) is 106 Å². The first kappa shape index (κ1) is 20.2. The highest BCUT2D eigenvalue weighted by Gasteiger charge is 2.13. The van der Waals surface area contributed by atoms with Crippen molar-refractivity contribution in [2.45, 2.75) is 19.8 Å². The highest BCUT2D eigenvalue weighted by atomic mass is 35.5. The van der Waals surface area contributed by atoms with Crippen molar-refractivity contribution >= 4 is 40.4 Å². The van der Waals surface area contributed by atoms with E-state index in [1.165, 1.54) is 18.4 Å². The van der Waals surface area contributed by atoms with E-state index >= 15 is 0 Å². The summed E-state index contributed by atoms with van der Waals surface area (Å²) in [6.45, 7) is 2.52. The van der Waals surface area contributed by atoms with Gasteiger partial charge in [-0.15, -0.1) is 11.3 Å². The van der Waals surface area contributed by atoms with Gasteiger partial charge in [0.15, 0.2) is 0 Å². The van der Waals surface area contributed by atoms with Crippen molar-refractivity contribution in [3.63, 3.8) is 0 Å². The first-order chi connectivity index (χ1) is 12.4. The summed E-state index contributed by atoms with van der Waals surface area (Å²) < 4.78 is 5.22. The van der Waals surface area contributed by atoms with Crippen LogP contribution in [-0.4, -0.2) is 37.0 Å². The van der Waals surface area contributed by atoms with Gasteiger partial charge in [0, 0.05) is 35.9 Å². The molecule has 0 atom stereocenters. The fourth-order valence-corrected chi connectivity index (χ4v) is 3.12. The van der Waals surface area contributed by atoms with Crippen molar-refractivity contribution in [3.05, 3.63) is 38.8 Å². The quantitative estimate of drug-likeness (QED) is 0.635. The van der Waals surface area contributed by atoms with E-state index in [9.17, 15) is 9.59 Å². The molecule has 0 bridgehead atoms. The highest BCUT2D eigenvalue weighted by Crippen LogP contribution is 2.30. The number of methoxy groups -OCH3 is 1. The van der Waals surface area contributed by atoms with Crippen molar-refractivity contribution in [1.29, 1.82) is 0 Å². The van der Waals surface area contributed by atoms with Crippen molar-refractivity contribution in [3.8, 4) is 5.75 Å². The third kappa shape index (κ3) is 5.42. The monoisotopic (exact) mass is 396 g/mol. The lowest BCUT2D eigenvalue weighted by Crippen LogP contribution is -2.28. The smallest absolute Gasteiger partial charge is 0.270 e. The van der Waals surface area contributed by atoms with E-state index in [0.717, 1.165) is 10.6 Å². The molecular weight excluding hydrogens is 376 g/mol. The Hall–Kier alpha value is -2.16. The van der Waals surface area contributed by atoms with Crippen LogP contribution in [0, 0.1) is 6.92 Å². The first-order valence-corrected chi connectivity index (χ1v) is 9.27. The number of rotatable bonds is 8. The van der Waals surface area contributed by atoms with Crippen LogP contribution in [0.5, 0.6) is 5.75 Å². The number of carbonyl (C=O) groups excluding carboxylic acids is 2. The van der Waals surface area contributed by atoms with E-state index in [-0.39, 0.29) is 24.8 Å². The van der Waals surface area contributed by atoms with Crippen LogP contribution >= 0.6 is 22.9 Å². The summed E-state index contributed by atoms with van der Waals surface area (Å²) in [5.74, 6) is -0.0717. The van der Waals surface area contributed by atoms with Gasteiger partial charge in [0.2, 0.25) is 5.91 Å². The maximum absolute atomic E-state index is 12.1. The van der Waals surface area contributed by atoms with Crippen LogP contribution in [0.15, 0.2) is 17.5 Å². The van der Waals surface area contributed by atoms with Gasteiger partial charge in [-0.3, -0.25) is 9.59 Å². The molecule has 140 valence electrons. The summed E-state index contributed by atoms with van der Waals surface area (Å²) >= 11 is 7.44. The van der Waals surface area contributed by atoms with Gasteiger partial charge in [-0.2, -0.15) is 0 Å². The number of nitrogens with one attached hydrogen (secondary N) is 2. The van der Waals surface area contributed by atoms with Crippen LogP contribution in [0.2, 0.25) is 5.02 Å². The fraction of sp³-hybridized carbons (Fsp3) is 0.353. The molecule has 2 rings (SSSR count). The molecule has 7 nitrogen and oxygen atoms in total. The largest absolute Gasteiger partial charge is 0.495 e. The number of thiazole rings is 1. The summed E-state index contributed by atoms with van der Waals surface area (Å²) in [6, 6.07) is 3.39. The number of aryl methyl sites for hydroxylation is 1. The summed E-state index contributed by atoms with van der Waals surface area (Å²) in [6.07, 6.45) is 0.763. The summed E-state index contributed by atoms with van der Waals surface area (Å²) in [5.41, 5.74) is 7.17. The molecule has 0 radical (unpaired) electrons. The molecule has 9 heteroatoms. The van der Waals surface area contributed by atoms with Crippen molar-refractivity contribution in [1.82, 2.24) is 10.3 Å². The molecule has 0 spiro atoms. The Morgan fingerprint density at radius 3 is 2.85 bits per heavy atom. The SMILES string of the molecule is COc1cc(Cl)c(C)cc1NC(=O)CCNC(=O)c1csc(CCN)n1. The molecule has 0 saturated carbocycles. The normalized spacial score (nSPS) is 10.5. The average molecular weight is 397 g/mol. The molecule has 0 unspecified atom stereocenters. The Morgan fingerprint density at radius 2 is 2.15 bits per heavy atom. The first-order valence-electron chi connectivity index (χ1n) is 8.01. The molecule has 0 aliphatic rings. The number of hydrogen-bond donors (Lipinski definition) is 3. The van der Waals surface area contributed by atoms with Crippen LogP contribution in [0.3, 0.4) is 0 Å². The third-order valence-electron chi connectivity index (χ3n) is 3.54. The minimum absolute atomic E-state index is 0.121. The van der Waals surface area contributed by atoms with Crippen LogP contribution < -0.4 is 21.1 Å². The lowest BCUT2D eigenvalue weighted by molar-refractivity contribution is -0.116. The van der Waals surface area contributed by atoms with E-state index in [1.807, 2.05) is 6.92 Å². The molecule has 4 N–H and O–H groups in total. The molecule has 26 heavy (non-hydrogen) atoms. The predicted molar refractivity (Wildman–Crippen MR) is 103 cm³/mol. The van der Waals surface area contributed by atoms with Crippen LogP contribution in [0.1, 0.15) is 27.5 Å². The molecule has 1 aromatic carbocycles. The minimum Gasteiger partial charge on any atom is -0.495 e. The number of carbonyl (C=O) groups is 2. The highest BCUT2D eigenvalue weighted by molar-refractivity contribution is 7.09. The van der Waals surface area contributed by atoms with Gasteiger partial charge in [0.25, 0.3) is 5.91 Å². The van der Waals surface area contributed by atoms with E-state index in [2.05, 4.69) is 15.6 Å². The standard InChI is InChI=1S/C17H21ClN4O3S/c1-10-7-12(14(25-2)8-11(10)18)21-15(23)4-6-20-17(24)13-9-26-16(22-13)3-5-19/h7-9H,3-6,19H2,1-2H3,(H,20,24)(H,21,23). The maximum Gasteiger partial charge on any atom is 0.270 e. The summed E-state index contributed by atoms with van der Waals surface area (Å²) in [7, 11) is 1.50. The van der Waals surface area contributed by atoms with Crippen molar-refractivity contribution in [2.24, 2.45) is 5.73 Å². The zero-order chi connectivity index (χ0) is 19.1. The van der Waals surface area contributed by atoms with E-state index < -0.39 is 0 Å². The zero-order valence-corrected chi connectivity index (χ0v) is 16.2. The number of nitrogens with zero attached hydrogens (tertiary/aromatic N) is 1. The van der Waals surface area contributed by atoms with Crippen molar-refractivity contribution < 1.29 is 14.3 Å². The lowest BCUT2D eigenvalue weighted by Gasteiger charge is -2.12. The number of hydrogen-bond acceptors (Lipinski definition) is 6. The van der Waals surface area contributed by atoms with Gasteiger partial charge in [0.05, 0.1) is 17.8 Å². The van der Waals surface area contributed by atoms with Crippen LogP contribution in [0.25, 0.3) is 0 Å². The van der Waals surface area contributed by atoms with Gasteiger partial charge in [0.1, 0.15) is 11.4 Å². The summed E-state index contributed by atoms with van der Waals surface area (Å²) in [4.78, 5) is 28.3. The van der Waals surface area contributed by atoms with Crippen molar-refractivity contribution in [2.75, 3.05) is 25.5 Å². The number of aromatic nitrogens is 1. The Bertz CT molecular complexity index is 794. The van der Waals surface area contributed by atoms with Gasteiger partial charge in [-0.05, 0) is 25.1 Å². The molecule has 2 aromatic rings. The molecule has 0 saturated heterocycles. The average Bonchev–Trinajstić information content (AvgIpc) is 3.07. The molecule has 0 aliphatic carbocycles. The molecule has 2 amide bonds. The maximum atomic E-state index is 12.1. The zero-order valence-electron chi connectivity index (χ0n) is 14.6. The van der Waals surface area contributed by atoms with Crippen LogP contribution in [0.4, 0.5) is 5.69 Å². The van der Waals surface area contributed by atoms with Gasteiger partial charge in [-0.1, -0.05) is 11.6 Å². The number of amides is 2. The minimum atomic E-state index is -0.308. The Kier molecular flexibility index (Phi) is 7.38. The summed E-state index contributed by atoms with van der Waals surface area (Å²) in [5, 5.41) is 8.51. The predicted octanol–water partition coefficient (Wildman–Crippen LogP) is 2.37. The second-order valence-corrected chi connectivity index (χ2v) is 6.87. The fourth-order valence-electron chi connectivity index (χ4n) is 2.18. The molecular formula is C17H21ClN4O3S. The van der Waals surface area contributed by atoms with Gasteiger partial charge >= 0.3 is 0 Å². The van der Waals surface area contributed by atoms with Crippen LogP contribution in [-0.2, 0) is 11.2 Å². The van der Waals surface area contributed by atoms with E-state index in [1.54, 1.807) is 17.5 Å². The molecule has 1 aromatic heterocycles. The van der Waals surface area contributed by atoms with Gasteiger partial charge < -0.3 is 21.1 Å². The second kappa shape index (κ2) is 9.51. The molecule has 0 fully saturated rings. The number of anilines is 1. The van der Waals surface area contributed by atoms with Gasteiger partial charge in [-0.25, -0.2) is 4.98 Å². The number of benzene rings is 1. The Balaban J connectivity index is 1.85. The number of ether oxygens (including phenoxy) is 1. The third-order valence-corrected chi connectivity index (χ3v) is 4.85. The second-order valence-electron chi connectivity index (χ2n) is 5.52.